The van der Waals surface area contributed by atoms with E-state index in [1.807, 2.05) is 26.8 Å². The van der Waals surface area contributed by atoms with Gasteiger partial charge in [0.25, 0.3) is 0 Å². The molecule has 0 unspecified atom stereocenters. The molecule has 2 aromatic rings. The van der Waals surface area contributed by atoms with Gasteiger partial charge in [0.05, 0.1) is 6.54 Å². The van der Waals surface area contributed by atoms with Crippen LogP contribution in [-0.4, -0.2) is 16.7 Å². The van der Waals surface area contributed by atoms with E-state index in [1.54, 1.807) is 0 Å². The molecule has 0 bridgehead atoms. The largest absolute Gasteiger partial charge is 0.491 e. The Kier molecular flexibility index (Phi) is 6.54. The van der Waals surface area contributed by atoms with Gasteiger partial charge in [-0.25, -0.2) is 0 Å². The van der Waals surface area contributed by atoms with E-state index >= 15 is 0 Å². The van der Waals surface area contributed by atoms with Crippen molar-refractivity contribution in [2.75, 3.05) is 11.9 Å². The molecule has 0 spiro atoms. The van der Waals surface area contributed by atoms with Crippen molar-refractivity contribution < 1.29 is 4.74 Å². The van der Waals surface area contributed by atoms with Crippen LogP contribution in [0.3, 0.4) is 0 Å². The van der Waals surface area contributed by atoms with E-state index in [0.717, 1.165) is 11.4 Å². The zero-order valence-electron chi connectivity index (χ0n) is 15.0. The lowest BCUT2D eigenvalue weighted by Crippen LogP contribution is -2.21. The highest BCUT2D eigenvalue weighted by atomic mass is 16.5. The summed E-state index contributed by atoms with van der Waals surface area (Å²) in [6.45, 7) is 12.9. The van der Waals surface area contributed by atoms with Crippen molar-refractivity contribution in [3.05, 3.63) is 42.3 Å². The van der Waals surface area contributed by atoms with E-state index in [4.69, 9.17) is 4.74 Å². The highest BCUT2D eigenvalue weighted by molar-refractivity contribution is 5.83. The molecule has 3 heteroatoms. The highest BCUT2D eigenvalue weighted by Gasteiger charge is 2.12. The molecule has 0 fully saturated rings. The quantitative estimate of drug-likeness (QED) is 0.772. The number of hydrogen-bond acceptors (Lipinski definition) is 2. The van der Waals surface area contributed by atoms with Crippen molar-refractivity contribution in [3.63, 3.8) is 0 Å². The summed E-state index contributed by atoms with van der Waals surface area (Å²) in [5.74, 6) is 0.964. The Morgan fingerprint density at radius 1 is 1.23 bits per heavy atom. The zero-order chi connectivity index (χ0) is 16.8. The van der Waals surface area contributed by atoms with Gasteiger partial charge in [0.15, 0.2) is 0 Å². The fraction of sp³-hybridized carbons (Fsp3) is 0.474. The van der Waals surface area contributed by atoms with Gasteiger partial charge in [-0.05, 0) is 58.0 Å². The molecule has 1 heterocycles. The fourth-order valence-electron chi connectivity index (χ4n) is 2.17. The Morgan fingerprint density at radius 2 is 1.91 bits per heavy atom. The summed E-state index contributed by atoms with van der Waals surface area (Å²) in [6, 6.07) is 8.53. The molecule has 22 heavy (non-hydrogen) atoms. The van der Waals surface area contributed by atoms with E-state index in [-0.39, 0.29) is 5.60 Å². The summed E-state index contributed by atoms with van der Waals surface area (Å²) in [6.07, 6.45) is 4.09. The average molecular weight is 302 g/mol. The molecule has 0 aliphatic carbocycles. The van der Waals surface area contributed by atoms with Gasteiger partial charge >= 0.3 is 0 Å². The van der Waals surface area contributed by atoms with Crippen LogP contribution in [0.1, 0.15) is 41.5 Å². The summed E-state index contributed by atoms with van der Waals surface area (Å²) in [5.41, 5.74) is 2.20. The maximum Gasteiger partial charge on any atom is 0.112 e. The summed E-state index contributed by atoms with van der Waals surface area (Å²) in [5, 5.41) is 4.66. The van der Waals surface area contributed by atoms with Crippen LogP contribution in [0.5, 0.6) is 0 Å². The van der Waals surface area contributed by atoms with E-state index in [1.165, 1.54) is 10.9 Å². The third kappa shape index (κ3) is 5.14. The van der Waals surface area contributed by atoms with Gasteiger partial charge in [0, 0.05) is 29.8 Å². The summed E-state index contributed by atoms with van der Waals surface area (Å²) < 4.78 is 8.02. The second-order valence-electron chi connectivity index (χ2n) is 6.02. The number of nitrogens with zero attached hydrogens (tertiary/aromatic N) is 1. The first-order valence-corrected chi connectivity index (χ1v) is 8.02. The SMILES string of the molecule is C/C=C(\CNc1ccc2c(ccn2C)c1)OC(C)(C)C.CC. The third-order valence-corrected chi connectivity index (χ3v) is 3.11. The number of aromatic nitrogens is 1. The van der Waals surface area contributed by atoms with E-state index < -0.39 is 0 Å². The van der Waals surface area contributed by atoms with Crippen molar-refractivity contribution >= 4 is 16.6 Å². The molecule has 1 aromatic heterocycles. The third-order valence-electron chi connectivity index (χ3n) is 3.11. The van der Waals surface area contributed by atoms with Gasteiger partial charge in [-0.15, -0.1) is 0 Å². The number of benzene rings is 1. The van der Waals surface area contributed by atoms with Crippen molar-refractivity contribution in [1.82, 2.24) is 4.57 Å². The van der Waals surface area contributed by atoms with Crippen LogP contribution in [0.15, 0.2) is 42.3 Å². The first-order valence-electron chi connectivity index (χ1n) is 8.02. The van der Waals surface area contributed by atoms with E-state index in [9.17, 15) is 0 Å². The Bertz CT molecular complexity index is 618. The molecule has 0 atom stereocenters. The Hall–Kier alpha value is -1.90. The van der Waals surface area contributed by atoms with E-state index in [0.29, 0.717) is 6.54 Å². The van der Waals surface area contributed by atoms with Gasteiger partial charge in [0.2, 0.25) is 0 Å². The summed E-state index contributed by atoms with van der Waals surface area (Å²) >= 11 is 0. The average Bonchev–Trinajstić information content (AvgIpc) is 2.85. The second kappa shape index (κ2) is 7.92. The number of aryl methyl sites for hydroxylation is 1. The molecular weight excluding hydrogens is 272 g/mol. The predicted octanol–water partition coefficient (Wildman–Crippen LogP) is 5.34. The molecule has 1 aromatic carbocycles. The van der Waals surface area contributed by atoms with Crippen LogP contribution in [0.2, 0.25) is 0 Å². The first-order chi connectivity index (χ1) is 10.4. The van der Waals surface area contributed by atoms with Crippen LogP contribution < -0.4 is 5.32 Å². The molecule has 3 nitrogen and oxygen atoms in total. The van der Waals surface area contributed by atoms with Gasteiger partial charge < -0.3 is 14.6 Å². The molecule has 2 rings (SSSR count). The van der Waals surface area contributed by atoms with Crippen LogP contribution >= 0.6 is 0 Å². The highest BCUT2D eigenvalue weighted by Crippen LogP contribution is 2.20. The van der Waals surface area contributed by atoms with Crippen LogP contribution in [0.25, 0.3) is 10.9 Å². The van der Waals surface area contributed by atoms with Gasteiger partial charge in [-0.3, -0.25) is 0 Å². The normalized spacial score (nSPS) is 11.9. The minimum absolute atomic E-state index is 0.160. The molecule has 0 aliphatic heterocycles. The summed E-state index contributed by atoms with van der Waals surface area (Å²) in [7, 11) is 2.06. The number of hydrogen-bond donors (Lipinski definition) is 1. The molecular formula is C19H30N2O. The molecule has 0 radical (unpaired) electrons. The smallest absolute Gasteiger partial charge is 0.112 e. The zero-order valence-corrected chi connectivity index (χ0v) is 15.0. The maximum absolute atomic E-state index is 5.89. The van der Waals surface area contributed by atoms with Gasteiger partial charge in [0.1, 0.15) is 11.4 Å². The van der Waals surface area contributed by atoms with Crippen molar-refractivity contribution in [2.24, 2.45) is 7.05 Å². The van der Waals surface area contributed by atoms with Crippen LogP contribution in [0.4, 0.5) is 5.69 Å². The van der Waals surface area contributed by atoms with Gasteiger partial charge in [-0.1, -0.05) is 13.8 Å². The topological polar surface area (TPSA) is 26.2 Å². The summed E-state index contributed by atoms with van der Waals surface area (Å²) in [4.78, 5) is 0. The molecule has 0 saturated carbocycles. The molecule has 1 N–H and O–H groups in total. The lowest BCUT2D eigenvalue weighted by atomic mass is 10.2. The molecule has 0 aliphatic rings. The van der Waals surface area contributed by atoms with Crippen molar-refractivity contribution in [3.8, 4) is 0 Å². The van der Waals surface area contributed by atoms with Crippen LogP contribution in [-0.2, 0) is 11.8 Å². The number of nitrogens with one attached hydrogen (secondary N) is 1. The molecule has 122 valence electrons. The standard InChI is InChI=1S/C17H24N2O.C2H6/c1-6-15(20-17(2,3)4)12-18-14-7-8-16-13(11-14)9-10-19(16)5;1-2/h6-11,18H,12H2,1-5H3;1-2H3/b15-6+;. The number of rotatable bonds is 4. The second-order valence-corrected chi connectivity index (χ2v) is 6.02. The first kappa shape index (κ1) is 18.1. The number of ether oxygens (including phenoxy) is 1. The maximum atomic E-state index is 5.89. The Balaban J connectivity index is 0.00000116. The van der Waals surface area contributed by atoms with E-state index in [2.05, 4.69) is 68.2 Å². The van der Waals surface area contributed by atoms with Gasteiger partial charge in [-0.2, -0.15) is 0 Å². The number of fused-ring (bicyclic) bond motifs is 1. The number of allylic oxidation sites excluding steroid dienone is 1. The Morgan fingerprint density at radius 3 is 2.50 bits per heavy atom. The van der Waals surface area contributed by atoms with Crippen molar-refractivity contribution in [1.29, 1.82) is 0 Å². The monoisotopic (exact) mass is 302 g/mol. The Labute approximate surface area is 135 Å². The predicted molar refractivity (Wildman–Crippen MR) is 97.4 cm³/mol. The fourth-order valence-corrected chi connectivity index (χ4v) is 2.17. The van der Waals surface area contributed by atoms with Crippen LogP contribution in [0, 0.1) is 0 Å². The number of anilines is 1. The van der Waals surface area contributed by atoms with Crippen molar-refractivity contribution in [2.45, 2.75) is 47.1 Å². The minimum atomic E-state index is -0.160. The molecule has 0 amide bonds. The lowest BCUT2D eigenvalue weighted by molar-refractivity contribution is 0.0517. The lowest BCUT2D eigenvalue weighted by Gasteiger charge is -2.24. The minimum Gasteiger partial charge on any atom is -0.491 e. The molecule has 0 saturated heterocycles.